The number of Topliss-reactive ketones (excluding diaryl/α,β-unsaturated/α-hetero) is 2. The molecule has 4 rings (SSSR count). The molecule has 1 heterocycles. The summed E-state index contributed by atoms with van der Waals surface area (Å²) in [5.74, 6) is 0.0397. The van der Waals surface area contributed by atoms with Gasteiger partial charge in [-0.3, -0.25) is 9.59 Å². The maximum Gasteiger partial charge on any atom is 0.195 e. The Morgan fingerprint density at radius 1 is 0.895 bits per heavy atom. The first-order valence-electron chi connectivity index (χ1n) is 6.25. The third-order valence-electron chi connectivity index (χ3n) is 3.84. The lowest BCUT2D eigenvalue weighted by atomic mass is 9.78. The van der Waals surface area contributed by atoms with Crippen molar-refractivity contribution < 1.29 is 9.59 Å². The number of fused-ring (bicyclic) bond motifs is 3. The first kappa shape index (κ1) is 10.9. The van der Waals surface area contributed by atoms with Crippen LogP contribution in [0.2, 0.25) is 0 Å². The summed E-state index contributed by atoms with van der Waals surface area (Å²) in [6.45, 7) is 0. The van der Waals surface area contributed by atoms with Gasteiger partial charge in [0, 0.05) is 27.2 Å². The molecule has 2 aromatic rings. The second-order valence-corrected chi connectivity index (χ2v) is 5.75. The summed E-state index contributed by atoms with van der Waals surface area (Å²) in [6.07, 6.45) is 1.54. The van der Waals surface area contributed by atoms with Gasteiger partial charge in [-0.25, -0.2) is 0 Å². The standard InChI is InChI=1S/C16H10O2S/c17-14-10-3-1-2-4-11(10)15(18)13-12(14)6-5-9-7-8-19-16(9)13/h1-4,7-8H,5-6H2. The molecule has 19 heavy (non-hydrogen) atoms. The van der Waals surface area contributed by atoms with Gasteiger partial charge >= 0.3 is 0 Å². The van der Waals surface area contributed by atoms with E-state index in [0.717, 1.165) is 11.3 Å². The zero-order chi connectivity index (χ0) is 13.0. The number of carbonyl (C=O) groups is 2. The monoisotopic (exact) mass is 266 g/mol. The van der Waals surface area contributed by atoms with Crippen LogP contribution in [0.15, 0.2) is 41.3 Å². The van der Waals surface area contributed by atoms with Crippen LogP contribution in [0, 0.1) is 0 Å². The third kappa shape index (κ3) is 1.36. The molecule has 0 amide bonds. The van der Waals surface area contributed by atoms with Crippen LogP contribution in [0.3, 0.4) is 0 Å². The highest BCUT2D eigenvalue weighted by Gasteiger charge is 2.35. The molecule has 0 saturated heterocycles. The van der Waals surface area contributed by atoms with Gasteiger partial charge in [-0.2, -0.15) is 0 Å². The Hall–Kier alpha value is -2.00. The molecule has 0 aliphatic heterocycles. The topological polar surface area (TPSA) is 34.1 Å². The number of hydrogen-bond acceptors (Lipinski definition) is 3. The second-order valence-electron chi connectivity index (χ2n) is 4.83. The summed E-state index contributed by atoms with van der Waals surface area (Å²) in [6, 6.07) is 9.19. The van der Waals surface area contributed by atoms with E-state index >= 15 is 0 Å². The van der Waals surface area contributed by atoms with Crippen LogP contribution in [0.5, 0.6) is 0 Å². The van der Waals surface area contributed by atoms with E-state index in [4.69, 9.17) is 0 Å². The van der Waals surface area contributed by atoms with Gasteiger partial charge in [0.25, 0.3) is 0 Å². The van der Waals surface area contributed by atoms with E-state index in [9.17, 15) is 9.59 Å². The molecule has 2 nitrogen and oxygen atoms in total. The predicted octanol–water partition coefficient (Wildman–Crippen LogP) is 3.53. The van der Waals surface area contributed by atoms with Gasteiger partial charge in [-0.15, -0.1) is 11.3 Å². The van der Waals surface area contributed by atoms with Crippen LogP contribution in [0.1, 0.15) is 37.6 Å². The molecule has 0 bridgehead atoms. The molecule has 3 heteroatoms. The van der Waals surface area contributed by atoms with Crippen molar-refractivity contribution in [2.75, 3.05) is 0 Å². The summed E-state index contributed by atoms with van der Waals surface area (Å²) in [7, 11) is 0. The fourth-order valence-corrected chi connectivity index (χ4v) is 3.94. The molecular formula is C16H10O2S. The molecule has 2 aliphatic carbocycles. The van der Waals surface area contributed by atoms with Crippen LogP contribution >= 0.6 is 11.3 Å². The quantitative estimate of drug-likeness (QED) is 0.731. The van der Waals surface area contributed by atoms with Crippen LogP contribution < -0.4 is 0 Å². The Morgan fingerprint density at radius 2 is 1.63 bits per heavy atom. The lowest BCUT2D eigenvalue weighted by Crippen LogP contribution is -2.23. The Balaban J connectivity index is 2.02. The van der Waals surface area contributed by atoms with Gasteiger partial charge < -0.3 is 0 Å². The Labute approximate surface area is 114 Å². The fourth-order valence-electron chi connectivity index (χ4n) is 2.92. The largest absolute Gasteiger partial charge is 0.289 e. The average molecular weight is 266 g/mol. The molecule has 0 saturated carbocycles. The van der Waals surface area contributed by atoms with Crippen molar-refractivity contribution >= 4 is 28.5 Å². The molecule has 1 aromatic carbocycles. The van der Waals surface area contributed by atoms with Gasteiger partial charge in [-0.1, -0.05) is 24.3 Å². The smallest absolute Gasteiger partial charge is 0.195 e. The molecule has 0 unspecified atom stereocenters. The Morgan fingerprint density at radius 3 is 2.42 bits per heavy atom. The number of hydrogen-bond donors (Lipinski definition) is 0. The van der Waals surface area contributed by atoms with Gasteiger partial charge in [0.1, 0.15) is 0 Å². The lowest BCUT2D eigenvalue weighted by Gasteiger charge is -2.24. The van der Waals surface area contributed by atoms with E-state index in [1.807, 2.05) is 17.5 Å². The van der Waals surface area contributed by atoms with Crippen LogP contribution in [0.25, 0.3) is 5.57 Å². The van der Waals surface area contributed by atoms with E-state index in [2.05, 4.69) is 6.07 Å². The van der Waals surface area contributed by atoms with E-state index in [-0.39, 0.29) is 11.6 Å². The van der Waals surface area contributed by atoms with Gasteiger partial charge in [0.15, 0.2) is 11.6 Å². The zero-order valence-electron chi connectivity index (χ0n) is 10.1. The molecule has 0 radical (unpaired) electrons. The number of aryl methyl sites for hydroxylation is 1. The Bertz CT molecular complexity index is 765. The van der Waals surface area contributed by atoms with Crippen LogP contribution in [-0.4, -0.2) is 11.6 Å². The number of benzene rings is 1. The summed E-state index contributed by atoms with van der Waals surface area (Å²) >= 11 is 1.56. The SMILES string of the molecule is O=C1C2=C(C(=O)c3ccccc31)c1sccc1CC2. The summed E-state index contributed by atoms with van der Waals surface area (Å²) < 4.78 is 0. The van der Waals surface area contributed by atoms with Crippen molar-refractivity contribution in [3.8, 4) is 0 Å². The first-order valence-corrected chi connectivity index (χ1v) is 7.13. The van der Waals surface area contributed by atoms with E-state index in [1.54, 1.807) is 23.5 Å². The summed E-state index contributed by atoms with van der Waals surface area (Å²) in [4.78, 5) is 26.2. The van der Waals surface area contributed by atoms with Crippen molar-refractivity contribution in [2.24, 2.45) is 0 Å². The van der Waals surface area contributed by atoms with Crippen molar-refractivity contribution in [3.05, 3.63) is 62.9 Å². The van der Waals surface area contributed by atoms with Gasteiger partial charge in [0.2, 0.25) is 0 Å². The fraction of sp³-hybridized carbons (Fsp3) is 0.125. The lowest BCUT2D eigenvalue weighted by molar-refractivity contribution is 0.0988. The van der Waals surface area contributed by atoms with Crippen molar-refractivity contribution in [3.63, 3.8) is 0 Å². The number of ketones is 2. The highest BCUT2D eigenvalue weighted by Crippen LogP contribution is 2.41. The van der Waals surface area contributed by atoms with E-state index in [1.165, 1.54) is 5.56 Å². The van der Waals surface area contributed by atoms with E-state index in [0.29, 0.717) is 28.7 Å². The number of thiophene rings is 1. The minimum absolute atomic E-state index is 0.00796. The maximum absolute atomic E-state index is 12.7. The number of carbonyl (C=O) groups excluding carboxylic acids is 2. The maximum atomic E-state index is 12.7. The predicted molar refractivity (Wildman–Crippen MR) is 74.7 cm³/mol. The number of allylic oxidation sites excluding steroid dienone is 2. The van der Waals surface area contributed by atoms with Crippen LogP contribution in [0.4, 0.5) is 0 Å². The zero-order valence-corrected chi connectivity index (χ0v) is 10.9. The molecule has 2 aliphatic rings. The normalized spacial score (nSPS) is 17.1. The molecular weight excluding hydrogens is 256 g/mol. The third-order valence-corrected chi connectivity index (χ3v) is 4.81. The highest BCUT2D eigenvalue weighted by molar-refractivity contribution is 7.11. The van der Waals surface area contributed by atoms with Gasteiger partial charge in [-0.05, 0) is 29.9 Å². The molecule has 92 valence electrons. The van der Waals surface area contributed by atoms with Crippen molar-refractivity contribution in [1.29, 1.82) is 0 Å². The summed E-state index contributed by atoms with van der Waals surface area (Å²) in [5.41, 5.74) is 3.67. The molecule has 0 fully saturated rings. The average Bonchev–Trinajstić information content (AvgIpc) is 2.92. The minimum Gasteiger partial charge on any atom is -0.289 e. The number of rotatable bonds is 0. The highest BCUT2D eigenvalue weighted by atomic mass is 32.1. The summed E-state index contributed by atoms with van der Waals surface area (Å²) in [5, 5.41) is 2.00. The van der Waals surface area contributed by atoms with Gasteiger partial charge in [0.05, 0.1) is 0 Å². The molecule has 1 aromatic heterocycles. The molecule has 0 spiro atoms. The molecule has 0 atom stereocenters. The molecule has 0 N–H and O–H groups in total. The Kier molecular flexibility index (Phi) is 2.15. The van der Waals surface area contributed by atoms with Crippen molar-refractivity contribution in [1.82, 2.24) is 0 Å². The van der Waals surface area contributed by atoms with Crippen molar-refractivity contribution in [2.45, 2.75) is 12.8 Å². The second kappa shape index (κ2) is 3.75. The minimum atomic E-state index is 0.00796. The van der Waals surface area contributed by atoms with Crippen LogP contribution in [-0.2, 0) is 6.42 Å². The van der Waals surface area contributed by atoms with E-state index < -0.39 is 0 Å². The first-order chi connectivity index (χ1) is 9.27.